The number of carbonyl (C=O) groups excluding carboxylic acids is 1. The number of unbranched alkanes of at least 4 members (excludes halogenated alkanes) is 2. The molecule has 1 amide bonds. The number of aromatic nitrogens is 1. The normalized spacial score (nSPS) is 12.6. The fraction of sp³-hybridized carbons (Fsp3) is 0.438. The molecule has 0 bridgehead atoms. The minimum atomic E-state index is -0.0543. The molecular formula is C16H21ClN2O. The first kappa shape index (κ1) is 14.9. The second-order valence-electron chi connectivity index (χ2n) is 5.28. The minimum Gasteiger partial charge on any atom is -0.351 e. The molecule has 20 heavy (non-hydrogen) atoms. The van der Waals surface area contributed by atoms with Crippen LogP contribution in [0.5, 0.6) is 0 Å². The van der Waals surface area contributed by atoms with Gasteiger partial charge in [-0.3, -0.25) is 4.79 Å². The maximum Gasteiger partial charge on any atom is 0.267 e. The second kappa shape index (κ2) is 6.80. The van der Waals surface area contributed by atoms with Gasteiger partial charge in [0, 0.05) is 22.0 Å². The van der Waals surface area contributed by atoms with Crippen molar-refractivity contribution < 1.29 is 4.79 Å². The Morgan fingerprint density at radius 3 is 2.90 bits per heavy atom. The van der Waals surface area contributed by atoms with Crippen LogP contribution < -0.4 is 5.32 Å². The molecule has 0 aliphatic carbocycles. The highest BCUT2D eigenvalue weighted by molar-refractivity contribution is 6.31. The Labute approximate surface area is 124 Å². The van der Waals surface area contributed by atoms with E-state index >= 15 is 0 Å². The predicted octanol–water partition coefficient (Wildman–Crippen LogP) is 4.52. The predicted molar refractivity (Wildman–Crippen MR) is 84.4 cm³/mol. The standard InChI is InChI=1S/C16H21ClN2O/c1-3-4-5-6-11(2)18-16(20)15-10-12-9-13(17)7-8-14(12)19-15/h7-11,19H,3-6H2,1-2H3,(H,18,20)/t11-/m0/s1. The molecule has 4 heteroatoms. The van der Waals surface area contributed by atoms with Crippen molar-refractivity contribution in [3.8, 4) is 0 Å². The van der Waals surface area contributed by atoms with Crippen LogP contribution in [0.2, 0.25) is 5.02 Å². The molecule has 3 nitrogen and oxygen atoms in total. The molecule has 108 valence electrons. The van der Waals surface area contributed by atoms with Gasteiger partial charge in [-0.05, 0) is 37.6 Å². The maximum absolute atomic E-state index is 12.2. The van der Waals surface area contributed by atoms with E-state index in [1.165, 1.54) is 12.8 Å². The third-order valence-electron chi connectivity index (χ3n) is 3.45. The quantitative estimate of drug-likeness (QED) is 0.755. The summed E-state index contributed by atoms with van der Waals surface area (Å²) in [7, 11) is 0. The summed E-state index contributed by atoms with van der Waals surface area (Å²) in [5, 5.41) is 4.66. The van der Waals surface area contributed by atoms with Crippen molar-refractivity contribution in [2.45, 2.75) is 45.6 Å². The van der Waals surface area contributed by atoms with Gasteiger partial charge in [-0.25, -0.2) is 0 Å². The molecule has 0 aliphatic rings. The smallest absolute Gasteiger partial charge is 0.267 e. The number of benzene rings is 1. The summed E-state index contributed by atoms with van der Waals surface area (Å²) in [6, 6.07) is 7.60. The first-order valence-electron chi connectivity index (χ1n) is 7.19. The van der Waals surface area contributed by atoms with Crippen molar-refractivity contribution >= 4 is 28.4 Å². The maximum atomic E-state index is 12.2. The van der Waals surface area contributed by atoms with Crippen LogP contribution in [0.15, 0.2) is 24.3 Å². The fourth-order valence-corrected chi connectivity index (χ4v) is 2.48. The molecule has 2 N–H and O–H groups in total. The number of rotatable bonds is 6. The topological polar surface area (TPSA) is 44.9 Å². The van der Waals surface area contributed by atoms with Gasteiger partial charge in [0.25, 0.3) is 5.91 Å². The lowest BCUT2D eigenvalue weighted by molar-refractivity contribution is 0.0933. The summed E-state index contributed by atoms with van der Waals surface area (Å²) in [4.78, 5) is 15.3. The minimum absolute atomic E-state index is 0.0543. The number of amides is 1. The van der Waals surface area contributed by atoms with Crippen molar-refractivity contribution in [1.82, 2.24) is 10.3 Å². The van der Waals surface area contributed by atoms with E-state index in [0.29, 0.717) is 10.7 Å². The van der Waals surface area contributed by atoms with E-state index in [1.807, 2.05) is 31.2 Å². The largest absolute Gasteiger partial charge is 0.351 e. The molecule has 1 heterocycles. The van der Waals surface area contributed by atoms with Gasteiger partial charge in [-0.2, -0.15) is 0 Å². The molecule has 0 spiro atoms. The zero-order valence-corrected chi connectivity index (χ0v) is 12.8. The van der Waals surface area contributed by atoms with Crippen molar-refractivity contribution in [1.29, 1.82) is 0 Å². The molecule has 2 aromatic rings. The Bertz CT molecular complexity index is 591. The number of halogens is 1. The van der Waals surface area contributed by atoms with E-state index in [1.54, 1.807) is 0 Å². The molecular weight excluding hydrogens is 272 g/mol. The number of H-pyrrole nitrogens is 1. The summed E-state index contributed by atoms with van der Waals surface area (Å²) in [6.07, 6.45) is 4.58. The highest BCUT2D eigenvalue weighted by Gasteiger charge is 2.12. The summed E-state index contributed by atoms with van der Waals surface area (Å²) < 4.78 is 0. The number of nitrogens with one attached hydrogen (secondary N) is 2. The van der Waals surface area contributed by atoms with Gasteiger partial charge < -0.3 is 10.3 Å². The summed E-state index contributed by atoms with van der Waals surface area (Å²) >= 11 is 5.95. The van der Waals surface area contributed by atoms with Gasteiger partial charge in [0.15, 0.2) is 0 Å². The van der Waals surface area contributed by atoms with E-state index in [9.17, 15) is 4.79 Å². The number of hydrogen-bond donors (Lipinski definition) is 2. The molecule has 1 aromatic carbocycles. The Morgan fingerprint density at radius 1 is 1.35 bits per heavy atom. The van der Waals surface area contributed by atoms with Gasteiger partial charge >= 0.3 is 0 Å². The average Bonchev–Trinajstić information content (AvgIpc) is 2.82. The van der Waals surface area contributed by atoms with Gasteiger partial charge in [-0.15, -0.1) is 0 Å². The van der Waals surface area contributed by atoms with Gasteiger partial charge in [-0.1, -0.05) is 37.8 Å². The van der Waals surface area contributed by atoms with E-state index < -0.39 is 0 Å². The molecule has 2 rings (SSSR count). The Hall–Kier alpha value is -1.48. The average molecular weight is 293 g/mol. The number of carbonyl (C=O) groups is 1. The van der Waals surface area contributed by atoms with Crippen LogP contribution in [-0.4, -0.2) is 16.9 Å². The van der Waals surface area contributed by atoms with Crippen molar-refractivity contribution in [2.24, 2.45) is 0 Å². The van der Waals surface area contributed by atoms with Gasteiger partial charge in [0.1, 0.15) is 5.69 Å². The Balaban J connectivity index is 2.00. The van der Waals surface area contributed by atoms with E-state index in [2.05, 4.69) is 17.2 Å². The zero-order valence-electron chi connectivity index (χ0n) is 12.0. The van der Waals surface area contributed by atoms with Crippen LogP contribution in [0, 0.1) is 0 Å². The Kier molecular flexibility index (Phi) is 5.07. The fourth-order valence-electron chi connectivity index (χ4n) is 2.30. The Morgan fingerprint density at radius 2 is 2.15 bits per heavy atom. The lowest BCUT2D eigenvalue weighted by Gasteiger charge is -2.12. The van der Waals surface area contributed by atoms with Crippen LogP contribution in [0.4, 0.5) is 0 Å². The molecule has 0 fully saturated rings. The van der Waals surface area contributed by atoms with Crippen LogP contribution in [-0.2, 0) is 0 Å². The molecule has 0 saturated heterocycles. The van der Waals surface area contributed by atoms with Crippen molar-refractivity contribution in [3.63, 3.8) is 0 Å². The lowest BCUT2D eigenvalue weighted by atomic mass is 10.1. The SMILES string of the molecule is CCCCC[C@H](C)NC(=O)c1cc2cc(Cl)ccc2[nH]1. The molecule has 0 aliphatic heterocycles. The number of hydrogen-bond acceptors (Lipinski definition) is 1. The summed E-state index contributed by atoms with van der Waals surface area (Å²) in [5.74, 6) is -0.0543. The second-order valence-corrected chi connectivity index (χ2v) is 5.72. The molecule has 0 radical (unpaired) electrons. The van der Waals surface area contributed by atoms with Crippen LogP contribution in [0.1, 0.15) is 50.0 Å². The van der Waals surface area contributed by atoms with Crippen molar-refractivity contribution in [3.05, 3.63) is 35.0 Å². The van der Waals surface area contributed by atoms with E-state index in [-0.39, 0.29) is 11.9 Å². The third-order valence-corrected chi connectivity index (χ3v) is 3.68. The lowest BCUT2D eigenvalue weighted by Crippen LogP contribution is -2.32. The van der Waals surface area contributed by atoms with Crippen LogP contribution >= 0.6 is 11.6 Å². The first-order valence-corrected chi connectivity index (χ1v) is 7.57. The van der Waals surface area contributed by atoms with Crippen LogP contribution in [0.3, 0.4) is 0 Å². The monoisotopic (exact) mass is 292 g/mol. The van der Waals surface area contributed by atoms with Gasteiger partial charge in [0.05, 0.1) is 0 Å². The number of aromatic amines is 1. The van der Waals surface area contributed by atoms with Crippen LogP contribution in [0.25, 0.3) is 10.9 Å². The number of fused-ring (bicyclic) bond motifs is 1. The molecule has 0 unspecified atom stereocenters. The zero-order chi connectivity index (χ0) is 14.5. The first-order chi connectivity index (χ1) is 9.60. The van der Waals surface area contributed by atoms with Crippen molar-refractivity contribution in [2.75, 3.05) is 0 Å². The highest BCUT2D eigenvalue weighted by Crippen LogP contribution is 2.20. The van der Waals surface area contributed by atoms with E-state index in [4.69, 9.17) is 11.6 Å². The molecule has 0 saturated carbocycles. The molecule has 1 aromatic heterocycles. The highest BCUT2D eigenvalue weighted by atomic mass is 35.5. The third kappa shape index (κ3) is 3.76. The summed E-state index contributed by atoms with van der Waals surface area (Å²) in [5.41, 5.74) is 1.52. The molecule has 1 atom stereocenters. The summed E-state index contributed by atoms with van der Waals surface area (Å²) in [6.45, 7) is 4.23. The van der Waals surface area contributed by atoms with Gasteiger partial charge in [0.2, 0.25) is 0 Å². The van der Waals surface area contributed by atoms with E-state index in [0.717, 1.165) is 23.7 Å².